The summed E-state index contributed by atoms with van der Waals surface area (Å²) in [6.45, 7) is 2.10. The van der Waals surface area contributed by atoms with Gasteiger partial charge < -0.3 is 5.11 Å². The molecule has 0 radical (unpaired) electrons. The van der Waals surface area contributed by atoms with Crippen molar-refractivity contribution in [3.63, 3.8) is 0 Å². The molecular weight excluding hydrogens is 218 g/mol. The van der Waals surface area contributed by atoms with Crippen molar-refractivity contribution in [1.82, 2.24) is 14.8 Å². The number of hydrogen-bond donors (Lipinski definition) is 1. The molecule has 2 atom stereocenters. The van der Waals surface area contributed by atoms with Gasteiger partial charge in [0, 0.05) is 19.4 Å². The van der Waals surface area contributed by atoms with Crippen molar-refractivity contribution < 1.29 is 9.90 Å². The van der Waals surface area contributed by atoms with Crippen molar-refractivity contribution in [2.75, 3.05) is 0 Å². The maximum absolute atomic E-state index is 10.9. The molecule has 0 aromatic carbocycles. The van der Waals surface area contributed by atoms with Crippen molar-refractivity contribution >= 4 is 5.97 Å². The molecule has 5 nitrogen and oxygen atoms in total. The minimum atomic E-state index is -0.677. The van der Waals surface area contributed by atoms with E-state index in [2.05, 4.69) is 17.0 Å². The molecule has 0 spiro atoms. The molecule has 1 aromatic rings. The maximum atomic E-state index is 10.9. The lowest BCUT2D eigenvalue weighted by molar-refractivity contribution is -0.141. The molecule has 1 aliphatic carbocycles. The van der Waals surface area contributed by atoms with Crippen LogP contribution in [0.1, 0.15) is 50.2 Å². The van der Waals surface area contributed by atoms with Crippen LogP contribution in [0.5, 0.6) is 0 Å². The van der Waals surface area contributed by atoms with Gasteiger partial charge in [-0.2, -0.15) is 5.10 Å². The van der Waals surface area contributed by atoms with Gasteiger partial charge in [-0.15, -0.1) is 0 Å². The van der Waals surface area contributed by atoms with Crippen LogP contribution in [0.15, 0.2) is 0 Å². The van der Waals surface area contributed by atoms with E-state index in [0.717, 1.165) is 37.3 Å². The first kappa shape index (κ1) is 12.1. The van der Waals surface area contributed by atoms with E-state index in [1.165, 1.54) is 0 Å². The van der Waals surface area contributed by atoms with Gasteiger partial charge in [0.15, 0.2) is 5.82 Å². The van der Waals surface area contributed by atoms with Gasteiger partial charge in [-0.25, -0.2) is 4.98 Å². The van der Waals surface area contributed by atoms with E-state index in [4.69, 9.17) is 5.11 Å². The summed E-state index contributed by atoms with van der Waals surface area (Å²) in [5.41, 5.74) is 0. The average molecular weight is 237 g/mol. The van der Waals surface area contributed by atoms with Gasteiger partial charge in [0.2, 0.25) is 0 Å². The number of rotatable bonds is 4. The molecule has 17 heavy (non-hydrogen) atoms. The van der Waals surface area contributed by atoms with Crippen LogP contribution in [-0.2, 0) is 18.3 Å². The highest BCUT2D eigenvalue weighted by atomic mass is 16.4. The van der Waals surface area contributed by atoms with E-state index in [-0.39, 0.29) is 11.8 Å². The van der Waals surface area contributed by atoms with E-state index in [9.17, 15) is 4.79 Å². The van der Waals surface area contributed by atoms with E-state index < -0.39 is 5.97 Å². The second-order valence-corrected chi connectivity index (χ2v) is 4.80. The van der Waals surface area contributed by atoms with Crippen LogP contribution >= 0.6 is 0 Å². The Morgan fingerprint density at radius 2 is 2.29 bits per heavy atom. The Balaban J connectivity index is 2.10. The highest BCUT2D eigenvalue weighted by Gasteiger charge is 2.33. The standard InChI is InChI=1S/C12H19N3O2/c1-3-4-10-13-11(15(2)14-10)8-5-6-9(7-8)12(16)17/h8-9H,3-7H2,1-2H3,(H,16,17). The lowest BCUT2D eigenvalue weighted by atomic mass is 10.0. The summed E-state index contributed by atoms with van der Waals surface area (Å²) >= 11 is 0. The van der Waals surface area contributed by atoms with Crippen molar-refractivity contribution in [2.45, 2.75) is 44.9 Å². The zero-order chi connectivity index (χ0) is 12.4. The third-order valence-corrected chi connectivity index (χ3v) is 3.46. The molecule has 1 N–H and O–H groups in total. The molecule has 0 amide bonds. The SMILES string of the molecule is CCCc1nc(C2CCC(C(=O)O)C2)n(C)n1. The molecule has 1 saturated carbocycles. The first-order chi connectivity index (χ1) is 8.11. The Hall–Kier alpha value is -1.39. The molecule has 94 valence electrons. The molecule has 1 aliphatic rings. The van der Waals surface area contributed by atoms with E-state index in [0.29, 0.717) is 6.42 Å². The number of aliphatic carboxylic acids is 1. The molecule has 0 aliphatic heterocycles. The number of carboxylic acid groups (broad SMARTS) is 1. The van der Waals surface area contributed by atoms with E-state index >= 15 is 0 Å². The zero-order valence-corrected chi connectivity index (χ0v) is 10.4. The summed E-state index contributed by atoms with van der Waals surface area (Å²) in [4.78, 5) is 15.5. The average Bonchev–Trinajstić information content (AvgIpc) is 2.85. The lowest BCUT2D eigenvalue weighted by Gasteiger charge is -2.07. The summed E-state index contributed by atoms with van der Waals surface area (Å²) in [6, 6.07) is 0. The van der Waals surface area contributed by atoms with Gasteiger partial charge in [-0.3, -0.25) is 9.48 Å². The van der Waals surface area contributed by atoms with Gasteiger partial charge in [-0.1, -0.05) is 6.92 Å². The molecule has 0 saturated heterocycles. The third-order valence-electron chi connectivity index (χ3n) is 3.46. The molecule has 1 heterocycles. The van der Waals surface area contributed by atoms with Crippen LogP contribution in [0.3, 0.4) is 0 Å². The van der Waals surface area contributed by atoms with Crippen molar-refractivity contribution in [3.05, 3.63) is 11.6 Å². The number of carbonyl (C=O) groups is 1. The van der Waals surface area contributed by atoms with E-state index in [1.807, 2.05) is 11.7 Å². The van der Waals surface area contributed by atoms with Crippen molar-refractivity contribution in [1.29, 1.82) is 0 Å². The van der Waals surface area contributed by atoms with Gasteiger partial charge in [0.05, 0.1) is 5.92 Å². The maximum Gasteiger partial charge on any atom is 0.306 e. The highest BCUT2D eigenvalue weighted by molar-refractivity contribution is 5.70. The predicted molar refractivity (Wildman–Crippen MR) is 62.7 cm³/mol. The second-order valence-electron chi connectivity index (χ2n) is 4.80. The highest BCUT2D eigenvalue weighted by Crippen LogP contribution is 2.37. The van der Waals surface area contributed by atoms with Crippen LogP contribution < -0.4 is 0 Å². The molecule has 2 rings (SSSR count). The topological polar surface area (TPSA) is 68.0 Å². The minimum absolute atomic E-state index is 0.202. The van der Waals surface area contributed by atoms with Gasteiger partial charge in [-0.05, 0) is 25.7 Å². The number of carboxylic acids is 1. The summed E-state index contributed by atoms with van der Waals surface area (Å²) < 4.78 is 1.82. The molecule has 0 bridgehead atoms. The van der Waals surface area contributed by atoms with Crippen LogP contribution in [0.4, 0.5) is 0 Å². The molecule has 1 fully saturated rings. The smallest absolute Gasteiger partial charge is 0.306 e. The largest absolute Gasteiger partial charge is 0.481 e. The molecule has 2 unspecified atom stereocenters. The van der Waals surface area contributed by atoms with E-state index in [1.54, 1.807) is 0 Å². The van der Waals surface area contributed by atoms with Crippen LogP contribution in [0.2, 0.25) is 0 Å². The monoisotopic (exact) mass is 237 g/mol. The van der Waals surface area contributed by atoms with Crippen LogP contribution in [0, 0.1) is 5.92 Å². The van der Waals surface area contributed by atoms with Crippen molar-refractivity contribution in [2.24, 2.45) is 13.0 Å². The Morgan fingerprint density at radius 1 is 1.53 bits per heavy atom. The Morgan fingerprint density at radius 3 is 2.88 bits per heavy atom. The van der Waals surface area contributed by atoms with Crippen LogP contribution in [-0.4, -0.2) is 25.8 Å². The number of nitrogens with zero attached hydrogens (tertiary/aromatic N) is 3. The fourth-order valence-corrected chi connectivity index (χ4v) is 2.58. The quantitative estimate of drug-likeness (QED) is 0.866. The zero-order valence-electron chi connectivity index (χ0n) is 10.4. The summed E-state index contributed by atoms with van der Waals surface area (Å²) in [6.07, 6.45) is 4.30. The Labute approximate surface area is 101 Å². The summed E-state index contributed by atoms with van der Waals surface area (Å²) in [5, 5.41) is 13.4. The Kier molecular flexibility index (Phi) is 3.45. The minimum Gasteiger partial charge on any atom is -0.481 e. The van der Waals surface area contributed by atoms with Crippen LogP contribution in [0.25, 0.3) is 0 Å². The summed E-state index contributed by atoms with van der Waals surface area (Å²) in [5.74, 6) is 1.22. The normalized spacial score (nSPS) is 24.1. The van der Waals surface area contributed by atoms with Gasteiger partial charge >= 0.3 is 5.97 Å². The molecule has 5 heteroatoms. The molecular formula is C12H19N3O2. The molecule has 1 aromatic heterocycles. The number of hydrogen-bond acceptors (Lipinski definition) is 3. The predicted octanol–water partition coefficient (Wildman–Crippen LogP) is 1.74. The van der Waals surface area contributed by atoms with Gasteiger partial charge in [0.1, 0.15) is 5.82 Å². The Bertz CT molecular complexity index is 414. The number of aromatic nitrogens is 3. The van der Waals surface area contributed by atoms with Gasteiger partial charge in [0.25, 0.3) is 0 Å². The van der Waals surface area contributed by atoms with Crippen molar-refractivity contribution in [3.8, 4) is 0 Å². The first-order valence-corrected chi connectivity index (χ1v) is 6.24. The fourth-order valence-electron chi connectivity index (χ4n) is 2.58. The lowest BCUT2D eigenvalue weighted by Crippen LogP contribution is -2.10. The summed E-state index contributed by atoms with van der Waals surface area (Å²) in [7, 11) is 1.90. The first-order valence-electron chi connectivity index (χ1n) is 6.24. The third kappa shape index (κ3) is 2.48. The number of aryl methyl sites for hydroxylation is 2. The fraction of sp³-hybridized carbons (Fsp3) is 0.750. The second kappa shape index (κ2) is 4.85.